The van der Waals surface area contributed by atoms with Crippen LogP contribution in [0.2, 0.25) is 0 Å². The van der Waals surface area contributed by atoms with E-state index in [0.717, 1.165) is 12.0 Å². The molecule has 0 radical (unpaired) electrons. The Hall–Kier alpha value is -2.34. The van der Waals surface area contributed by atoms with E-state index in [1.54, 1.807) is 36.9 Å². The molecule has 25 heavy (non-hydrogen) atoms. The zero-order chi connectivity index (χ0) is 18.0. The average Bonchev–Trinajstić information content (AvgIpc) is 2.61. The molecule has 6 heteroatoms. The molecule has 1 heterocycles. The van der Waals surface area contributed by atoms with E-state index in [4.69, 9.17) is 0 Å². The minimum atomic E-state index is -3.47. The van der Waals surface area contributed by atoms with Crippen LogP contribution in [0.1, 0.15) is 25.0 Å². The van der Waals surface area contributed by atoms with E-state index in [0.29, 0.717) is 18.8 Å². The van der Waals surface area contributed by atoms with Crippen molar-refractivity contribution in [2.24, 2.45) is 0 Å². The van der Waals surface area contributed by atoms with Gasteiger partial charge in [-0.2, -0.15) is 0 Å². The molecular weight excluding hydrogens is 336 g/mol. The Labute approximate surface area is 148 Å². The fraction of sp³-hybridized carbons (Fsp3) is 0.316. The summed E-state index contributed by atoms with van der Waals surface area (Å²) in [4.78, 5) is 14.5. The predicted molar refractivity (Wildman–Crippen MR) is 98.3 cm³/mol. The lowest BCUT2D eigenvalue weighted by atomic mass is 10.0. The Morgan fingerprint density at radius 1 is 1.04 bits per heavy atom. The number of hydrogen-bond donors (Lipinski definition) is 1. The van der Waals surface area contributed by atoms with Gasteiger partial charge in [-0.25, -0.2) is 13.2 Å². The Morgan fingerprint density at radius 3 is 2.40 bits per heavy atom. The van der Waals surface area contributed by atoms with Crippen LogP contribution < -0.4 is 5.32 Å². The number of urea groups is 1. The van der Waals surface area contributed by atoms with Gasteiger partial charge in [-0.3, -0.25) is 0 Å². The van der Waals surface area contributed by atoms with Crippen LogP contribution in [0.25, 0.3) is 0 Å². The first-order chi connectivity index (χ1) is 11.9. The number of nitrogens with one attached hydrogen (secondary N) is 1. The normalized spacial score (nSPS) is 14.3. The van der Waals surface area contributed by atoms with E-state index in [1.165, 1.54) is 11.6 Å². The first kappa shape index (κ1) is 17.5. The van der Waals surface area contributed by atoms with Gasteiger partial charge in [0.1, 0.15) is 0 Å². The highest BCUT2D eigenvalue weighted by atomic mass is 32.2. The number of carbonyl (C=O) groups excluding carboxylic acids is 1. The number of amides is 2. The number of anilines is 1. The van der Waals surface area contributed by atoms with Crippen molar-refractivity contribution in [3.05, 3.63) is 59.7 Å². The monoisotopic (exact) mass is 358 g/mol. The van der Waals surface area contributed by atoms with Crippen LogP contribution in [0.15, 0.2) is 53.4 Å². The summed E-state index contributed by atoms with van der Waals surface area (Å²) in [5, 5.41) is 2.23. The van der Waals surface area contributed by atoms with E-state index in [-0.39, 0.29) is 10.9 Å². The molecule has 0 aromatic heterocycles. The lowest BCUT2D eigenvalue weighted by Crippen LogP contribution is -2.39. The summed E-state index contributed by atoms with van der Waals surface area (Å²) in [6, 6.07) is 14.3. The highest BCUT2D eigenvalue weighted by molar-refractivity contribution is 7.92. The Balaban J connectivity index is 1.81. The zero-order valence-electron chi connectivity index (χ0n) is 14.4. The van der Waals surface area contributed by atoms with Gasteiger partial charge in [0.05, 0.1) is 15.8 Å². The van der Waals surface area contributed by atoms with Gasteiger partial charge in [0.15, 0.2) is 9.84 Å². The molecule has 1 N–H and O–H groups in total. The van der Waals surface area contributed by atoms with E-state index >= 15 is 0 Å². The molecule has 1 aliphatic heterocycles. The number of para-hydroxylation sites is 1. The van der Waals surface area contributed by atoms with E-state index in [2.05, 4.69) is 11.4 Å². The lowest BCUT2D eigenvalue weighted by Gasteiger charge is -2.29. The first-order valence-corrected chi connectivity index (χ1v) is 9.90. The van der Waals surface area contributed by atoms with Crippen molar-refractivity contribution in [3.63, 3.8) is 0 Å². The highest BCUT2D eigenvalue weighted by Gasteiger charge is 2.25. The van der Waals surface area contributed by atoms with Crippen molar-refractivity contribution in [3.8, 4) is 0 Å². The molecule has 0 atom stereocenters. The summed E-state index contributed by atoms with van der Waals surface area (Å²) in [6.07, 6.45) is 0.801. The quantitative estimate of drug-likeness (QED) is 0.914. The third-order valence-electron chi connectivity index (χ3n) is 4.47. The fourth-order valence-electron chi connectivity index (χ4n) is 2.94. The van der Waals surface area contributed by atoms with Crippen LogP contribution in [-0.4, -0.2) is 31.1 Å². The Bertz CT molecular complexity index is 891. The zero-order valence-corrected chi connectivity index (χ0v) is 15.2. The molecule has 2 amide bonds. The van der Waals surface area contributed by atoms with Gasteiger partial charge in [0.2, 0.25) is 0 Å². The molecule has 0 saturated heterocycles. The molecular formula is C19H22N2O3S. The topological polar surface area (TPSA) is 66.5 Å². The van der Waals surface area contributed by atoms with Crippen molar-refractivity contribution >= 4 is 21.6 Å². The maximum Gasteiger partial charge on any atom is 0.322 e. The van der Waals surface area contributed by atoms with Crippen LogP contribution in [0.4, 0.5) is 10.5 Å². The highest BCUT2D eigenvalue weighted by Crippen LogP contribution is 2.26. The minimum Gasteiger partial charge on any atom is -0.320 e. The van der Waals surface area contributed by atoms with E-state index in [1.807, 2.05) is 18.2 Å². The fourth-order valence-corrected chi connectivity index (χ4v) is 4.14. The van der Waals surface area contributed by atoms with E-state index < -0.39 is 15.1 Å². The van der Waals surface area contributed by atoms with Crippen molar-refractivity contribution in [2.75, 3.05) is 11.9 Å². The van der Waals surface area contributed by atoms with Crippen LogP contribution >= 0.6 is 0 Å². The van der Waals surface area contributed by atoms with Gasteiger partial charge < -0.3 is 10.2 Å². The van der Waals surface area contributed by atoms with Crippen LogP contribution in [0.3, 0.4) is 0 Å². The van der Waals surface area contributed by atoms with Gasteiger partial charge >= 0.3 is 6.03 Å². The molecule has 0 aliphatic carbocycles. The predicted octanol–water partition coefficient (Wildman–Crippen LogP) is 3.46. The molecule has 3 rings (SSSR count). The summed E-state index contributed by atoms with van der Waals surface area (Å²) in [5.41, 5.74) is 2.72. The van der Waals surface area contributed by atoms with Crippen molar-refractivity contribution < 1.29 is 13.2 Å². The van der Waals surface area contributed by atoms with Gasteiger partial charge in [0.25, 0.3) is 0 Å². The number of sulfone groups is 1. The maximum atomic E-state index is 12.6. The summed E-state index contributed by atoms with van der Waals surface area (Å²) in [6.45, 7) is 4.41. The van der Waals surface area contributed by atoms with Gasteiger partial charge in [-0.1, -0.05) is 36.4 Å². The molecule has 2 aromatic rings. The second-order valence-electron chi connectivity index (χ2n) is 6.46. The third-order valence-corrected chi connectivity index (χ3v) is 6.68. The summed E-state index contributed by atoms with van der Waals surface area (Å²) in [5.74, 6) is 0. The number of benzene rings is 2. The molecule has 132 valence electrons. The second-order valence-corrected chi connectivity index (χ2v) is 8.93. The van der Waals surface area contributed by atoms with Gasteiger partial charge in [0, 0.05) is 13.1 Å². The molecule has 2 aromatic carbocycles. The molecule has 0 saturated carbocycles. The van der Waals surface area contributed by atoms with Crippen molar-refractivity contribution in [1.82, 2.24) is 4.90 Å². The van der Waals surface area contributed by atoms with Crippen LogP contribution in [-0.2, 0) is 22.8 Å². The molecule has 0 spiro atoms. The summed E-state index contributed by atoms with van der Waals surface area (Å²) < 4.78 is 25.0. The molecule has 1 aliphatic rings. The van der Waals surface area contributed by atoms with Crippen LogP contribution in [0, 0.1) is 0 Å². The molecule has 0 unspecified atom stereocenters. The van der Waals surface area contributed by atoms with E-state index in [9.17, 15) is 13.2 Å². The number of rotatable bonds is 3. The largest absolute Gasteiger partial charge is 0.322 e. The van der Waals surface area contributed by atoms with Crippen LogP contribution in [0.5, 0.6) is 0 Å². The standard InChI is InChI=1S/C19H22N2O3S/c1-14(2)25(23,24)18-10-6-5-9-17(18)20-19(22)21-12-11-15-7-3-4-8-16(15)13-21/h3-10,14H,11-13H2,1-2H3,(H,20,22). The summed E-state index contributed by atoms with van der Waals surface area (Å²) >= 11 is 0. The third kappa shape index (κ3) is 3.54. The lowest BCUT2D eigenvalue weighted by molar-refractivity contribution is 0.206. The number of carbonyl (C=O) groups is 1. The number of nitrogens with zero attached hydrogens (tertiary/aromatic N) is 1. The molecule has 0 bridgehead atoms. The minimum absolute atomic E-state index is 0.163. The average molecular weight is 358 g/mol. The second kappa shape index (κ2) is 6.88. The number of hydrogen-bond acceptors (Lipinski definition) is 3. The molecule has 0 fully saturated rings. The first-order valence-electron chi connectivity index (χ1n) is 8.35. The smallest absolute Gasteiger partial charge is 0.320 e. The molecule has 5 nitrogen and oxygen atoms in total. The van der Waals surface area contributed by atoms with Crippen molar-refractivity contribution in [2.45, 2.75) is 37.0 Å². The Morgan fingerprint density at radius 2 is 1.68 bits per heavy atom. The van der Waals surface area contributed by atoms with Gasteiger partial charge in [-0.05, 0) is 43.5 Å². The SMILES string of the molecule is CC(C)S(=O)(=O)c1ccccc1NC(=O)N1CCc2ccccc2C1. The summed E-state index contributed by atoms with van der Waals surface area (Å²) in [7, 11) is -3.47. The number of fused-ring (bicyclic) bond motifs is 1. The van der Waals surface area contributed by atoms with Crippen molar-refractivity contribution in [1.29, 1.82) is 0 Å². The van der Waals surface area contributed by atoms with Gasteiger partial charge in [-0.15, -0.1) is 0 Å². The maximum absolute atomic E-state index is 12.6. The Kier molecular flexibility index (Phi) is 4.81.